The summed E-state index contributed by atoms with van der Waals surface area (Å²) in [6.45, 7) is 2.06. The minimum absolute atomic E-state index is 0.566. The van der Waals surface area contributed by atoms with E-state index in [2.05, 4.69) is 27.3 Å². The van der Waals surface area contributed by atoms with Crippen LogP contribution in [0.4, 0.5) is 0 Å². The van der Waals surface area contributed by atoms with Crippen molar-refractivity contribution in [2.24, 2.45) is 0 Å². The Labute approximate surface area is 130 Å². The molecule has 0 aliphatic heterocycles. The number of benzene rings is 1. The standard InChI is InChI=1S/C14H12ClN3S2/c1-2-12-17-14(20-18-12)19-8-10-7-9-5-3-4-6-11(9)16-13(10)15/h3-7H,2,8H2,1H3. The molecule has 3 aromatic rings. The molecule has 0 amide bonds. The van der Waals surface area contributed by atoms with E-state index in [1.165, 1.54) is 11.5 Å². The third kappa shape index (κ3) is 2.95. The number of fused-ring (bicyclic) bond motifs is 1. The summed E-state index contributed by atoms with van der Waals surface area (Å²) in [5.74, 6) is 1.66. The van der Waals surface area contributed by atoms with Gasteiger partial charge in [0.15, 0.2) is 4.34 Å². The monoisotopic (exact) mass is 321 g/mol. The van der Waals surface area contributed by atoms with Crippen LogP contribution in [0.15, 0.2) is 34.7 Å². The molecular weight excluding hydrogens is 310 g/mol. The molecule has 0 saturated heterocycles. The van der Waals surface area contributed by atoms with Crippen LogP contribution in [0.1, 0.15) is 18.3 Å². The third-order valence-corrected chi connectivity index (χ3v) is 5.11. The molecule has 3 rings (SSSR count). The van der Waals surface area contributed by atoms with Gasteiger partial charge in [0.25, 0.3) is 0 Å². The van der Waals surface area contributed by atoms with Gasteiger partial charge in [-0.1, -0.05) is 48.5 Å². The van der Waals surface area contributed by atoms with Gasteiger partial charge in [0.1, 0.15) is 11.0 Å². The molecule has 0 saturated carbocycles. The number of hydrogen-bond donors (Lipinski definition) is 0. The summed E-state index contributed by atoms with van der Waals surface area (Å²) in [6.07, 6.45) is 0.870. The fourth-order valence-corrected chi connectivity index (χ4v) is 3.78. The van der Waals surface area contributed by atoms with E-state index in [9.17, 15) is 0 Å². The summed E-state index contributed by atoms with van der Waals surface area (Å²) in [5, 5.41) is 1.68. The highest BCUT2D eigenvalue weighted by Gasteiger charge is 2.08. The van der Waals surface area contributed by atoms with Gasteiger partial charge < -0.3 is 0 Å². The molecule has 6 heteroatoms. The van der Waals surface area contributed by atoms with Crippen LogP contribution in [-0.4, -0.2) is 14.3 Å². The van der Waals surface area contributed by atoms with Crippen LogP contribution in [0.2, 0.25) is 5.15 Å². The molecule has 3 nitrogen and oxygen atoms in total. The van der Waals surface area contributed by atoms with Crippen LogP contribution in [0.5, 0.6) is 0 Å². The average Bonchev–Trinajstić information content (AvgIpc) is 2.93. The van der Waals surface area contributed by atoms with E-state index < -0.39 is 0 Å². The number of hydrogen-bond acceptors (Lipinski definition) is 5. The highest BCUT2D eigenvalue weighted by molar-refractivity contribution is 8.00. The molecule has 0 fully saturated rings. The quantitative estimate of drug-likeness (QED) is 0.520. The third-order valence-electron chi connectivity index (χ3n) is 2.87. The molecule has 0 N–H and O–H groups in total. The van der Waals surface area contributed by atoms with Crippen molar-refractivity contribution >= 4 is 45.8 Å². The van der Waals surface area contributed by atoms with Gasteiger partial charge >= 0.3 is 0 Å². The smallest absolute Gasteiger partial charge is 0.170 e. The van der Waals surface area contributed by atoms with Crippen LogP contribution in [-0.2, 0) is 12.2 Å². The van der Waals surface area contributed by atoms with Gasteiger partial charge in [0.2, 0.25) is 0 Å². The van der Waals surface area contributed by atoms with Gasteiger partial charge in [-0.05, 0) is 23.7 Å². The highest BCUT2D eigenvalue weighted by atomic mass is 35.5. The van der Waals surface area contributed by atoms with Crippen LogP contribution in [0, 0.1) is 0 Å². The first-order valence-corrected chi connectivity index (χ1v) is 8.39. The van der Waals surface area contributed by atoms with Gasteiger partial charge in [-0.15, -0.1) is 0 Å². The molecule has 0 aliphatic carbocycles. The zero-order chi connectivity index (χ0) is 13.9. The molecule has 0 radical (unpaired) electrons. The van der Waals surface area contributed by atoms with Crippen molar-refractivity contribution < 1.29 is 0 Å². The number of thioether (sulfide) groups is 1. The number of aryl methyl sites for hydroxylation is 1. The zero-order valence-electron chi connectivity index (χ0n) is 10.8. The lowest BCUT2D eigenvalue weighted by Crippen LogP contribution is -1.88. The van der Waals surface area contributed by atoms with E-state index in [-0.39, 0.29) is 0 Å². The number of aromatic nitrogens is 3. The second-order valence-corrected chi connectivity index (χ2v) is 6.58. The molecule has 0 unspecified atom stereocenters. The Morgan fingerprint density at radius 2 is 2.10 bits per heavy atom. The predicted molar refractivity (Wildman–Crippen MR) is 85.6 cm³/mol. The van der Waals surface area contributed by atoms with Crippen molar-refractivity contribution in [2.45, 2.75) is 23.4 Å². The largest absolute Gasteiger partial charge is 0.236 e. The summed E-state index contributed by atoms with van der Waals surface area (Å²) in [6, 6.07) is 10.1. The van der Waals surface area contributed by atoms with Crippen molar-refractivity contribution in [2.75, 3.05) is 0 Å². The van der Waals surface area contributed by atoms with E-state index in [1.807, 2.05) is 24.3 Å². The van der Waals surface area contributed by atoms with Gasteiger partial charge in [-0.3, -0.25) is 0 Å². The number of pyridine rings is 1. The average molecular weight is 322 g/mol. The van der Waals surface area contributed by atoms with E-state index in [0.29, 0.717) is 5.15 Å². The first kappa shape index (κ1) is 13.8. The first-order valence-electron chi connectivity index (χ1n) is 6.26. The van der Waals surface area contributed by atoms with Crippen molar-refractivity contribution in [3.05, 3.63) is 46.9 Å². The van der Waals surface area contributed by atoms with E-state index >= 15 is 0 Å². The highest BCUT2D eigenvalue weighted by Crippen LogP contribution is 2.29. The van der Waals surface area contributed by atoms with Crippen molar-refractivity contribution in [3.8, 4) is 0 Å². The molecule has 1 aromatic carbocycles. The Bertz CT molecular complexity index is 742. The molecule has 20 heavy (non-hydrogen) atoms. The second-order valence-electron chi connectivity index (χ2n) is 4.25. The van der Waals surface area contributed by atoms with Crippen LogP contribution >= 0.6 is 34.9 Å². The minimum atomic E-state index is 0.566. The van der Waals surface area contributed by atoms with Gasteiger partial charge in [-0.25, -0.2) is 9.97 Å². The molecule has 0 aliphatic rings. The number of para-hydroxylation sites is 1. The van der Waals surface area contributed by atoms with E-state index in [4.69, 9.17) is 11.6 Å². The van der Waals surface area contributed by atoms with Gasteiger partial charge in [0.05, 0.1) is 5.52 Å². The van der Waals surface area contributed by atoms with E-state index in [1.54, 1.807) is 11.8 Å². The lowest BCUT2D eigenvalue weighted by Gasteiger charge is -2.04. The molecule has 0 spiro atoms. The topological polar surface area (TPSA) is 38.7 Å². The van der Waals surface area contributed by atoms with Gasteiger partial charge in [0, 0.05) is 23.1 Å². The Hall–Kier alpha value is -1.17. The fraction of sp³-hybridized carbons (Fsp3) is 0.214. The van der Waals surface area contributed by atoms with Crippen LogP contribution < -0.4 is 0 Å². The maximum atomic E-state index is 6.24. The van der Waals surface area contributed by atoms with Crippen molar-refractivity contribution in [3.63, 3.8) is 0 Å². The molecule has 0 bridgehead atoms. The zero-order valence-corrected chi connectivity index (χ0v) is 13.2. The van der Waals surface area contributed by atoms with Crippen LogP contribution in [0.3, 0.4) is 0 Å². The number of halogens is 1. The summed E-state index contributed by atoms with van der Waals surface area (Å²) >= 11 is 9.34. The Balaban J connectivity index is 1.81. The van der Waals surface area contributed by atoms with Crippen molar-refractivity contribution in [1.82, 2.24) is 14.3 Å². The van der Waals surface area contributed by atoms with Crippen molar-refractivity contribution in [1.29, 1.82) is 0 Å². The predicted octanol–water partition coefficient (Wildman–Crippen LogP) is 4.59. The summed E-state index contributed by atoms with van der Waals surface area (Å²) < 4.78 is 5.26. The molecule has 0 atom stereocenters. The Morgan fingerprint density at radius 1 is 1.25 bits per heavy atom. The Morgan fingerprint density at radius 3 is 2.90 bits per heavy atom. The fourth-order valence-electron chi connectivity index (χ4n) is 1.82. The summed E-state index contributed by atoms with van der Waals surface area (Å²) in [7, 11) is 0. The molecule has 2 heterocycles. The minimum Gasteiger partial charge on any atom is -0.236 e. The van der Waals surface area contributed by atoms with Gasteiger partial charge in [-0.2, -0.15) is 4.37 Å². The maximum Gasteiger partial charge on any atom is 0.170 e. The summed E-state index contributed by atoms with van der Waals surface area (Å²) in [4.78, 5) is 8.87. The maximum absolute atomic E-state index is 6.24. The molecule has 102 valence electrons. The Kier molecular flexibility index (Phi) is 4.19. The first-order chi connectivity index (χ1) is 9.76. The normalized spacial score (nSPS) is 11.1. The second kappa shape index (κ2) is 6.08. The number of rotatable bonds is 4. The SMILES string of the molecule is CCc1nsc(SCc2cc3ccccc3nc2Cl)n1. The lowest BCUT2D eigenvalue weighted by molar-refractivity contribution is 0.971. The van der Waals surface area contributed by atoms with E-state index in [0.717, 1.165) is 38.8 Å². The molecule has 2 aromatic heterocycles. The number of nitrogens with zero attached hydrogens (tertiary/aromatic N) is 3. The summed E-state index contributed by atoms with van der Waals surface area (Å²) in [5.41, 5.74) is 1.96. The van der Waals surface area contributed by atoms with Crippen LogP contribution in [0.25, 0.3) is 10.9 Å². The lowest BCUT2D eigenvalue weighted by atomic mass is 10.2. The molecular formula is C14H12ClN3S2.